The van der Waals surface area contributed by atoms with E-state index in [-0.39, 0.29) is 24.0 Å². The Labute approximate surface area is 252 Å². The largest absolute Gasteiger partial charge is 0.107 e. The van der Waals surface area contributed by atoms with E-state index >= 15 is 0 Å². The van der Waals surface area contributed by atoms with Crippen LogP contribution in [-0.2, 0) is 0 Å². The Morgan fingerprint density at radius 1 is 0.368 bits per heavy atom. The van der Waals surface area contributed by atoms with Gasteiger partial charge in [-0.25, -0.2) is 0 Å². The Morgan fingerprint density at radius 2 is 0.632 bits per heavy atom. The summed E-state index contributed by atoms with van der Waals surface area (Å²) in [4.78, 5) is 0. The smallest absolute Gasteiger partial charge is 0.0196 e. The first-order valence-electron chi connectivity index (χ1n) is 15.4. The molecule has 209 valence electrons. The minimum Gasteiger partial charge on any atom is -0.107 e. The number of unbranched alkanes of at least 4 members (excludes halogenated alkanes) is 15. The maximum absolute atomic E-state index is 2.38. The molecular formula is C36H53IP. The molecule has 0 saturated carbocycles. The number of benzene rings is 3. The fourth-order valence-corrected chi connectivity index (χ4v) is 10.2. The van der Waals surface area contributed by atoms with Crippen molar-refractivity contribution < 1.29 is 0 Å². The van der Waals surface area contributed by atoms with Gasteiger partial charge in [-0.1, -0.05) is 194 Å². The molecule has 0 amide bonds. The molecule has 0 aliphatic heterocycles. The van der Waals surface area contributed by atoms with Gasteiger partial charge >= 0.3 is 0 Å². The van der Waals surface area contributed by atoms with Crippen LogP contribution in [0.1, 0.15) is 110 Å². The quantitative estimate of drug-likeness (QED) is 0.0653. The van der Waals surface area contributed by atoms with Gasteiger partial charge in [0.1, 0.15) is 0 Å². The van der Waals surface area contributed by atoms with Crippen LogP contribution in [0.15, 0.2) is 91.0 Å². The van der Waals surface area contributed by atoms with E-state index in [0.29, 0.717) is 0 Å². The Hall–Kier alpha value is -1.18. The van der Waals surface area contributed by atoms with Crippen molar-refractivity contribution in [2.75, 3.05) is 6.16 Å². The Balaban J connectivity index is 0.00000507. The topological polar surface area (TPSA) is 0 Å². The average molecular weight is 644 g/mol. The molecule has 0 atom stereocenters. The van der Waals surface area contributed by atoms with Crippen LogP contribution in [0.25, 0.3) is 0 Å². The molecule has 0 bridgehead atoms. The highest BCUT2D eigenvalue weighted by Gasteiger charge is 2.33. The summed E-state index contributed by atoms with van der Waals surface area (Å²) in [7, 11) is -1.64. The lowest BCUT2D eigenvalue weighted by Gasteiger charge is -2.38. The number of halogens is 1. The lowest BCUT2D eigenvalue weighted by atomic mass is 10.0. The summed E-state index contributed by atoms with van der Waals surface area (Å²) < 4.78 is 0. The standard InChI is InChI=1S/C36H52P.HI/c1-2-3-4-5-6-7-8-9-10-11-12-13-14-15-16-26-33-37(34-27-20-17-21-28-34,35-29-22-18-23-30-35)36-31-24-19-25-32-36;/h17-25,27-32H,2-16,26,33H2,1H3;1H. The molecule has 38 heavy (non-hydrogen) atoms. The summed E-state index contributed by atoms with van der Waals surface area (Å²) in [6.07, 6.45) is 24.0. The summed E-state index contributed by atoms with van der Waals surface area (Å²) in [6.45, 7) is 2.30. The summed E-state index contributed by atoms with van der Waals surface area (Å²) in [5.41, 5.74) is 0. The van der Waals surface area contributed by atoms with Gasteiger partial charge in [-0.2, -0.15) is 0 Å². The zero-order valence-electron chi connectivity index (χ0n) is 24.0. The molecule has 3 aromatic carbocycles. The highest BCUT2D eigenvalue weighted by atomic mass is 127. The van der Waals surface area contributed by atoms with Crippen LogP contribution in [0, 0.1) is 0 Å². The molecule has 0 spiro atoms. The minimum atomic E-state index is -1.64. The maximum Gasteiger partial charge on any atom is -0.0196 e. The summed E-state index contributed by atoms with van der Waals surface area (Å²) in [5.74, 6) is 0. The predicted octanol–water partition coefficient (Wildman–Crippen LogP) is 10.9. The second-order valence-electron chi connectivity index (χ2n) is 10.8. The average Bonchev–Trinajstić information content (AvgIpc) is 2.96. The molecule has 0 aromatic heterocycles. The van der Waals surface area contributed by atoms with Crippen molar-refractivity contribution in [2.45, 2.75) is 110 Å². The maximum atomic E-state index is 2.38. The zero-order valence-corrected chi connectivity index (χ0v) is 27.3. The molecule has 0 fully saturated rings. The molecule has 0 heterocycles. The third-order valence-electron chi connectivity index (χ3n) is 7.94. The third-order valence-corrected chi connectivity index (χ3v) is 12.5. The minimum absolute atomic E-state index is 0. The van der Waals surface area contributed by atoms with E-state index in [0.717, 1.165) is 0 Å². The van der Waals surface area contributed by atoms with Crippen LogP contribution in [0.4, 0.5) is 0 Å². The molecule has 0 aliphatic rings. The fourth-order valence-electron chi connectivity index (χ4n) is 5.78. The highest BCUT2D eigenvalue weighted by molar-refractivity contribution is 14.0. The van der Waals surface area contributed by atoms with E-state index in [4.69, 9.17) is 0 Å². The van der Waals surface area contributed by atoms with Crippen LogP contribution >= 0.6 is 31.2 Å². The normalized spacial score (nSPS) is 11.3. The van der Waals surface area contributed by atoms with Gasteiger partial charge in [0.05, 0.1) is 0 Å². The summed E-state index contributed by atoms with van der Waals surface area (Å²) >= 11 is 0. The van der Waals surface area contributed by atoms with Gasteiger partial charge in [-0.15, -0.1) is 24.0 Å². The van der Waals surface area contributed by atoms with Gasteiger partial charge in [-0.3, -0.25) is 0 Å². The van der Waals surface area contributed by atoms with Crippen LogP contribution in [0.2, 0.25) is 0 Å². The molecule has 0 aliphatic carbocycles. The van der Waals surface area contributed by atoms with Crippen LogP contribution < -0.4 is 15.9 Å². The van der Waals surface area contributed by atoms with Crippen LogP contribution in [0.5, 0.6) is 0 Å². The molecular weight excluding hydrogens is 590 g/mol. The van der Waals surface area contributed by atoms with Crippen LogP contribution in [0.3, 0.4) is 0 Å². The molecule has 0 nitrogen and oxygen atoms in total. The number of hydrogen-bond acceptors (Lipinski definition) is 0. The van der Waals surface area contributed by atoms with E-state index in [1.165, 1.54) is 125 Å². The zero-order chi connectivity index (χ0) is 25.9. The van der Waals surface area contributed by atoms with Crippen molar-refractivity contribution in [1.29, 1.82) is 0 Å². The van der Waals surface area contributed by atoms with Crippen molar-refractivity contribution in [3.63, 3.8) is 0 Å². The van der Waals surface area contributed by atoms with E-state index < -0.39 is 7.26 Å². The Morgan fingerprint density at radius 3 is 0.921 bits per heavy atom. The van der Waals surface area contributed by atoms with Gasteiger partial charge in [0.15, 0.2) is 0 Å². The first-order chi connectivity index (χ1) is 18.4. The number of hydrogen-bond donors (Lipinski definition) is 0. The molecule has 0 unspecified atom stereocenters. The van der Waals surface area contributed by atoms with Crippen molar-refractivity contribution in [1.82, 2.24) is 0 Å². The van der Waals surface area contributed by atoms with Gasteiger partial charge < -0.3 is 0 Å². The van der Waals surface area contributed by atoms with E-state index in [1.54, 1.807) is 0 Å². The van der Waals surface area contributed by atoms with Gasteiger partial charge in [0.2, 0.25) is 0 Å². The Kier molecular flexibility index (Phi) is 18.0. The fraction of sp³-hybridized carbons (Fsp3) is 0.500. The van der Waals surface area contributed by atoms with Crippen molar-refractivity contribution in [3.05, 3.63) is 91.0 Å². The van der Waals surface area contributed by atoms with Crippen LogP contribution in [-0.4, -0.2) is 6.16 Å². The molecule has 2 heteroatoms. The van der Waals surface area contributed by atoms with E-state index in [1.807, 2.05) is 0 Å². The first-order valence-corrected chi connectivity index (χ1v) is 17.4. The molecule has 3 rings (SSSR count). The number of rotatable bonds is 20. The Bertz CT molecular complexity index is 829. The summed E-state index contributed by atoms with van der Waals surface area (Å²) in [6, 6.07) is 34.1. The van der Waals surface area contributed by atoms with Crippen molar-refractivity contribution >= 4 is 47.2 Å². The molecule has 0 N–H and O–H groups in total. The molecule has 0 saturated heterocycles. The highest BCUT2D eigenvalue weighted by Crippen LogP contribution is 2.56. The predicted molar refractivity (Wildman–Crippen MR) is 185 cm³/mol. The van der Waals surface area contributed by atoms with Gasteiger partial charge in [0, 0.05) is 0 Å². The monoisotopic (exact) mass is 643 g/mol. The lowest BCUT2D eigenvalue weighted by Crippen LogP contribution is -2.33. The third kappa shape index (κ3) is 11.1. The first kappa shape index (κ1) is 33.0. The van der Waals surface area contributed by atoms with Crippen molar-refractivity contribution in [3.8, 4) is 0 Å². The summed E-state index contributed by atoms with van der Waals surface area (Å²) in [5, 5.41) is 4.56. The molecule has 1 radical (unpaired) electrons. The van der Waals surface area contributed by atoms with Gasteiger partial charge in [-0.05, 0) is 35.8 Å². The van der Waals surface area contributed by atoms with Crippen molar-refractivity contribution in [2.24, 2.45) is 0 Å². The van der Waals surface area contributed by atoms with E-state index in [9.17, 15) is 0 Å². The SMILES string of the molecule is CCCCCCCCCCCCCCCCCC[P](c1ccccc1)(c1ccccc1)c1ccccc1.I. The van der Waals surface area contributed by atoms with E-state index in [2.05, 4.69) is 97.9 Å². The molecule has 3 aromatic rings. The second kappa shape index (κ2) is 20.7. The lowest BCUT2D eigenvalue weighted by molar-refractivity contribution is 0.531. The van der Waals surface area contributed by atoms with Gasteiger partial charge in [0.25, 0.3) is 0 Å². The second-order valence-corrected chi connectivity index (χ2v) is 14.5.